The minimum atomic E-state index is -0.580. The molecule has 2 rings (SSSR count). The van der Waals surface area contributed by atoms with E-state index < -0.39 is 6.04 Å². The largest absolute Gasteiger partial charge is 0.346 e. The molecule has 0 radical (unpaired) electrons. The monoisotopic (exact) mass is 403 g/mol. The molecule has 0 fully saturated rings. The molecule has 0 unspecified atom stereocenters. The predicted octanol–water partition coefficient (Wildman–Crippen LogP) is 1.86. The topological polar surface area (TPSA) is 75.4 Å². The maximum atomic E-state index is 12.3. The predicted molar refractivity (Wildman–Crippen MR) is 96.3 cm³/mol. The number of nitrogens with zero attached hydrogens (tertiary/aromatic N) is 1. The van der Waals surface area contributed by atoms with E-state index in [1.165, 1.54) is 5.56 Å². The Labute approximate surface area is 151 Å². The average molecular weight is 405 g/mol. The lowest BCUT2D eigenvalue weighted by molar-refractivity contribution is -0.134. The smallest absolute Gasteiger partial charge is 0.242 e. The molecular formula is C16H23BrClN3O2. The van der Waals surface area contributed by atoms with Crippen molar-refractivity contribution in [2.45, 2.75) is 32.9 Å². The molecule has 128 valence electrons. The van der Waals surface area contributed by atoms with Gasteiger partial charge in [-0.2, -0.15) is 0 Å². The highest BCUT2D eigenvalue weighted by Gasteiger charge is 2.23. The summed E-state index contributed by atoms with van der Waals surface area (Å²) < 4.78 is 1.02. The van der Waals surface area contributed by atoms with Gasteiger partial charge in [-0.05, 0) is 29.5 Å². The summed E-state index contributed by atoms with van der Waals surface area (Å²) in [7, 11) is 0. The molecule has 23 heavy (non-hydrogen) atoms. The first kappa shape index (κ1) is 19.9. The van der Waals surface area contributed by atoms with Gasteiger partial charge >= 0.3 is 0 Å². The van der Waals surface area contributed by atoms with Crippen LogP contribution in [0.1, 0.15) is 25.0 Å². The summed E-state index contributed by atoms with van der Waals surface area (Å²) in [5.41, 5.74) is 8.18. The fourth-order valence-electron chi connectivity index (χ4n) is 2.45. The van der Waals surface area contributed by atoms with Gasteiger partial charge in [0, 0.05) is 17.6 Å². The molecule has 1 heterocycles. The third-order valence-corrected chi connectivity index (χ3v) is 4.75. The normalized spacial score (nSPS) is 14.7. The second kappa shape index (κ2) is 8.66. The van der Waals surface area contributed by atoms with Crippen LogP contribution in [0.15, 0.2) is 22.7 Å². The molecule has 2 amide bonds. The Morgan fingerprint density at radius 2 is 2.09 bits per heavy atom. The second-order valence-corrected chi connectivity index (χ2v) is 6.78. The zero-order valence-electron chi connectivity index (χ0n) is 13.3. The molecule has 1 aromatic rings. The summed E-state index contributed by atoms with van der Waals surface area (Å²) in [6.45, 7) is 5.01. The maximum absolute atomic E-state index is 12.3. The van der Waals surface area contributed by atoms with E-state index in [2.05, 4.69) is 27.3 Å². The Morgan fingerprint density at radius 1 is 1.39 bits per heavy atom. The van der Waals surface area contributed by atoms with Gasteiger partial charge in [-0.25, -0.2) is 0 Å². The summed E-state index contributed by atoms with van der Waals surface area (Å²) in [6.07, 6.45) is 0.833. The van der Waals surface area contributed by atoms with Crippen molar-refractivity contribution < 1.29 is 9.59 Å². The summed E-state index contributed by atoms with van der Waals surface area (Å²) in [5, 5.41) is 2.63. The first-order chi connectivity index (χ1) is 10.4. The second-order valence-electron chi connectivity index (χ2n) is 5.93. The number of halogens is 2. The fourth-order valence-corrected chi connectivity index (χ4v) is 2.98. The molecule has 1 aliphatic rings. The van der Waals surface area contributed by atoms with Crippen LogP contribution in [-0.2, 0) is 22.6 Å². The number of benzene rings is 1. The van der Waals surface area contributed by atoms with Gasteiger partial charge in [-0.15, -0.1) is 12.4 Å². The molecule has 7 heteroatoms. The SMILES string of the molecule is CC(C)[C@H](N)C(=O)NCC(=O)N1CCc2cccc(Br)c2C1.Cl. The van der Waals surface area contributed by atoms with E-state index in [-0.39, 0.29) is 36.7 Å². The summed E-state index contributed by atoms with van der Waals surface area (Å²) in [6, 6.07) is 5.50. The average Bonchev–Trinajstić information content (AvgIpc) is 2.51. The van der Waals surface area contributed by atoms with Gasteiger partial charge in [0.1, 0.15) is 0 Å². The Kier molecular flexibility index (Phi) is 7.51. The highest BCUT2D eigenvalue weighted by Crippen LogP contribution is 2.26. The number of fused-ring (bicyclic) bond motifs is 1. The summed E-state index contributed by atoms with van der Waals surface area (Å²) >= 11 is 3.53. The first-order valence-electron chi connectivity index (χ1n) is 7.47. The number of carbonyl (C=O) groups excluding carboxylic acids is 2. The van der Waals surface area contributed by atoms with Crippen molar-refractivity contribution in [2.75, 3.05) is 13.1 Å². The van der Waals surface area contributed by atoms with Gasteiger partial charge in [-0.3, -0.25) is 9.59 Å². The number of nitrogens with two attached hydrogens (primary N) is 1. The van der Waals surface area contributed by atoms with Gasteiger partial charge < -0.3 is 16.0 Å². The quantitative estimate of drug-likeness (QED) is 0.804. The van der Waals surface area contributed by atoms with E-state index in [9.17, 15) is 9.59 Å². The van der Waals surface area contributed by atoms with Gasteiger partial charge in [-0.1, -0.05) is 41.9 Å². The summed E-state index contributed by atoms with van der Waals surface area (Å²) in [5.74, 6) is -0.305. The van der Waals surface area contributed by atoms with Crippen molar-refractivity contribution in [1.29, 1.82) is 0 Å². The van der Waals surface area contributed by atoms with E-state index in [4.69, 9.17) is 5.73 Å². The fraction of sp³-hybridized carbons (Fsp3) is 0.500. The van der Waals surface area contributed by atoms with Gasteiger partial charge in [0.05, 0.1) is 12.6 Å². The van der Waals surface area contributed by atoms with Gasteiger partial charge in [0.2, 0.25) is 11.8 Å². The van der Waals surface area contributed by atoms with Crippen molar-refractivity contribution in [3.05, 3.63) is 33.8 Å². The highest BCUT2D eigenvalue weighted by atomic mass is 79.9. The Balaban J connectivity index is 0.00000264. The molecule has 0 aromatic heterocycles. The highest BCUT2D eigenvalue weighted by molar-refractivity contribution is 9.10. The molecule has 1 aliphatic heterocycles. The molecule has 0 bridgehead atoms. The minimum Gasteiger partial charge on any atom is -0.346 e. The van der Waals surface area contributed by atoms with Crippen LogP contribution < -0.4 is 11.1 Å². The zero-order chi connectivity index (χ0) is 16.3. The van der Waals surface area contributed by atoms with E-state index in [1.807, 2.05) is 26.0 Å². The van der Waals surface area contributed by atoms with Gasteiger partial charge in [0.15, 0.2) is 0 Å². The number of hydrogen-bond donors (Lipinski definition) is 2. The molecule has 1 aromatic carbocycles. The molecule has 0 saturated carbocycles. The van der Waals surface area contributed by atoms with Crippen molar-refractivity contribution in [3.63, 3.8) is 0 Å². The maximum Gasteiger partial charge on any atom is 0.242 e. The summed E-state index contributed by atoms with van der Waals surface area (Å²) in [4.78, 5) is 25.9. The molecule has 0 aliphatic carbocycles. The van der Waals surface area contributed by atoms with Crippen LogP contribution in [0.3, 0.4) is 0 Å². The lowest BCUT2D eigenvalue weighted by Gasteiger charge is -2.30. The molecule has 0 saturated heterocycles. The van der Waals surface area contributed by atoms with Crippen molar-refractivity contribution in [2.24, 2.45) is 11.7 Å². The minimum absolute atomic E-state index is 0. The van der Waals surface area contributed by atoms with Crippen LogP contribution in [-0.4, -0.2) is 35.8 Å². The Bertz CT molecular complexity index is 580. The number of carbonyl (C=O) groups is 2. The molecule has 5 nitrogen and oxygen atoms in total. The van der Waals surface area contributed by atoms with Crippen LogP contribution in [0, 0.1) is 5.92 Å². The van der Waals surface area contributed by atoms with Crippen molar-refractivity contribution >= 4 is 40.2 Å². The van der Waals surface area contributed by atoms with Crippen LogP contribution in [0.5, 0.6) is 0 Å². The van der Waals surface area contributed by atoms with Gasteiger partial charge in [0.25, 0.3) is 0 Å². The number of amides is 2. The zero-order valence-corrected chi connectivity index (χ0v) is 15.7. The van der Waals surface area contributed by atoms with E-state index >= 15 is 0 Å². The molecule has 0 spiro atoms. The Hall–Kier alpha value is -1.11. The van der Waals surface area contributed by atoms with Crippen LogP contribution in [0.4, 0.5) is 0 Å². The van der Waals surface area contributed by atoms with Crippen molar-refractivity contribution in [1.82, 2.24) is 10.2 Å². The number of rotatable bonds is 4. The third kappa shape index (κ3) is 4.93. The van der Waals surface area contributed by atoms with E-state index in [0.29, 0.717) is 13.1 Å². The van der Waals surface area contributed by atoms with E-state index in [1.54, 1.807) is 4.90 Å². The third-order valence-electron chi connectivity index (χ3n) is 4.00. The van der Waals surface area contributed by atoms with Crippen molar-refractivity contribution in [3.8, 4) is 0 Å². The van der Waals surface area contributed by atoms with E-state index in [0.717, 1.165) is 16.5 Å². The lowest BCUT2D eigenvalue weighted by atomic mass is 10.00. The Morgan fingerprint density at radius 3 is 2.74 bits per heavy atom. The standard InChI is InChI=1S/C16H22BrN3O2.ClH/c1-10(2)15(18)16(22)19-8-14(21)20-7-6-11-4-3-5-13(17)12(11)9-20;/h3-5,10,15H,6-9,18H2,1-2H3,(H,19,22);1H/t15-;/m0./s1. The number of hydrogen-bond acceptors (Lipinski definition) is 3. The molecule has 1 atom stereocenters. The lowest BCUT2D eigenvalue weighted by Crippen LogP contribution is -2.48. The van der Waals surface area contributed by atoms with Crippen LogP contribution in [0.25, 0.3) is 0 Å². The molecular weight excluding hydrogens is 382 g/mol. The number of nitrogens with one attached hydrogen (secondary N) is 1. The molecule has 3 N–H and O–H groups in total. The van der Waals surface area contributed by atoms with Crippen LogP contribution in [0.2, 0.25) is 0 Å². The first-order valence-corrected chi connectivity index (χ1v) is 8.26. The van der Waals surface area contributed by atoms with Crippen LogP contribution >= 0.6 is 28.3 Å².